The van der Waals surface area contributed by atoms with E-state index in [0.717, 1.165) is 29.5 Å². The van der Waals surface area contributed by atoms with E-state index in [-0.39, 0.29) is 18.7 Å². The van der Waals surface area contributed by atoms with Crippen LogP contribution in [0.5, 0.6) is 0 Å². The minimum absolute atomic E-state index is 0.0156. The molecular formula is C26H34F3N3O4S. The van der Waals surface area contributed by atoms with Crippen LogP contribution >= 0.6 is 0 Å². The van der Waals surface area contributed by atoms with Crippen molar-refractivity contribution in [3.05, 3.63) is 65.2 Å². The third kappa shape index (κ3) is 8.48. The van der Waals surface area contributed by atoms with E-state index < -0.39 is 51.7 Å². The van der Waals surface area contributed by atoms with Gasteiger partial charge in [0.2, 0.25) is 21.8 Å². The Balaban J connectivity index is 2.52. The smallest absolute Gasteiger partial charge is 0.350 e. The van der Waals surface area contributed by atoms with E-state index in [9.17, 15) is 31.2 Å². The summed E-state index contributed by atoms with van der Waals surface area (Å²) in [6.45, 7) is 8.21. The lowest BCUT2D eigenvalue weighted by atomic mass is 10.0. The van der Waals surface area contributed by atoms with Crippen molar-refractivity contribution in [2.45, 2.75) is 65.3 Å². The van der Waals surface area contributed by atoms with Gasteiger partial charge < -0.3 is 10.2 Å². The second-order valence-electron chi connectivity index (χ2n) is 9.93. The minimum Gasteiger partial charge on any atom is -0.350 e. The van der Waals surface area contributed by atoms with Gasteiger partial charge in [-0.05, 0) is 63.4 Å². The monoisotopic (exact) mass is 541 g/mol. The molecule has 0 aliphatic rings. The highest BCUT2D eigenvalue weighted by Crippen LogP contribution is 2.32. The highest BCUT2D eigenvalue weighted by Gasteiger charge is 2.35. The molecule has 2 aromatic rings. The zero-order valence-electron chi connectivity index (χ0n) is 21.9. The number of benzene rings is 2. The molecule has 204 valence electrons. The summed E-state index contributed by atoms with van der Waals surface area (Å²) in [4.78, 5) is 28.1. The first-order chi connectivity index (χ1) is 16.9. The highest BCUT2D eigenvalue weighted by atomic mass is 32.2. The third-order valence-electron chi connectivity index (χ3n) is 5.63. The maximum absolute atomic E-state index is 13.7. The molecule has 2 amide bonds. The molecule has 0 bridgehead atoms. The summed E-state index contributed by atoms with van der Waals surface area (Å²) < 4.78 is 65.7. The first kappa shape index (κ1) is 30.1. The summed E-state index contributed by atoms with van der Waals surface area (Å²) in [5.74, 6) is -1.14. The predicted molar refractivity (Wildman–Crippen MR) is 137 cm³/mol. The van der Waals surface area contributed by atoms with Crippen LogP contribution in [0.15, 0.2) is 48.5 Å². The molecule has 0 aliphatic carbocycles. The number of anilines is 1. The highest BCUT2D eigenvalue weighted by molar-refractivity contribution is 7.92. The SMILES string of the molecule is CCC(C(=O)NC(C)(C)C)N(Cc1ccccc1C)C(=O)CN(c1cccc(C(F)(F)F)c1)S(C)(=O)=O. The fourth-order valence-electron chi connectivity index (χ4n) is 3.79. The van der Waals surface area contributed by atoms with Crippen molar-refractivity contribution >= 4 is 27.5 Å². The predicted octanol–water partition coefficient (Wildman–Crippen LogP) is 4.50. The molecule has 2 aromatic carbocycles. The zero-order valence-corrected chi connectivity index (χ0v) is 22.7. The van der Waals surface area contributed by atoms with Gasteiger partial charge in [0, 0.05) is 12.1 Å². The van der Waals surface area contributed by atoms with Crippen molar-refractivity contribution in [2.75, 3.05) is 17.1 Å². The second-order valence-corrected chi connectivity index (χ2v) is 11.8. The van der Waals surface area contributed by atoms with Crippen molar-refractivity contribution in [2.24, 2.45) is 0 Å². The van der Waals surface area contributed by atoms with Gasteiger partial charge in [0.15, 0.2) is 0 Å². The molecule has 1 N–H and O–H groups in total. The maximum Gasteiger partial charge on any atom is 0.416 e. The molecule has 1 unspecified atom stereocenters. The summed E-state index contributed by atoms with van der Waals surface area (Å²) in [6.07, 6.45) is -3.64. The summed E-state index contributed by atoms with van der Waals surface area (Å²) >= 11 is 0. The van der Waals surface area contributed by atoms with Gasteiger partial charge in [-0.15, -0.1) is 0 Å². The molecule has 7 nitrogen and oxygen atoms in total. The van der Waals surface area contributed by atoms with Crippen LogP contribution in [0.3, 0.4) is 0 Å². The molecule has 37 heavy (non-hydrogen) atoms. The number of nitrogens with zero attached hydrogens (tertiary/aromatic N) is 2. The molecule has 1 atom stereocenters. The molecule has 0 radical (unpaired) electrons. The molecule has 0 fully saturated rings. The van der Waals surface area contributed by atoms with E-state index in [1.165, 1.54) is 11.0 Å². The van der Waals surface area contributed by atoms with Crippen LogP contribution in [0.4, 0.5) is 18.9 Å². The quantitative estimate of drug-likeness (QED) is 0.507. The van der Waals surface area contributed by atoms with Crippen LogP contribution < -0.4 is 9.62 Å². The Labute approximate surface area is 216 Å². The lowest BCUT2D eigenvalue weighted by Gasteiger charge is -2.34. The van der Waals surface area contributed by atoms with Gasteiger partial charge in [-0.3, -0.25) is 13.9 Å². The van der Waals surface area contributed by atoms with Gasteiger partial charge in [-0.1, -0.05) is 37.3 Å². The largest absolute Gasteiger partial charge is 0.416 e. The molecular weight excluding hydrogens is 507 g/mol. The van der Waals surface area contributed by atoms with Gasteiger partial charge in [-0.25, -0.2) is 8.42 Å². The molecule has 11 heteroatoms. The average molecular weight is 542 g/mol. The standard InChI is InChI=1S/C26H34F3N3O4S/c1-7-22(24(34)30-25(3,4)5)31(16-19-12-9-8-11-18(19)2)23(33)17-32(37(6,35)36)21-14-10-13-20(15-21)26(27,28)29/h8-15,22H,7,16-17H2,1-6H3,(H,30,34). The van der Waals surface area contributed by atoms with Crippen molar-refractivity contribution in [3.8, 4) is 0 Å². The van der Waals surface area contributed by atoms with Crippen molar-refractivity contribution in [1.29, 1.82) is 0 Å². The van der Waals surface area contributed by atoms with E-state index in [4.69, 9.17) is 0 Å². The zero-order chi connectivity index (χ0) is 28.2. The van der Waals surface area contributed by atoms with Crippen molar-refractivity contribution in [3.63, 3.8) is 0 Å². The van der Waals surface area contributed by atoms with E-state index in [2.05, 4.69) is 5.32 Å². The average Bonchev–Trinajstić information content (AvgIpc) is 2.76. The topological polar surface area (TPSA) is 86.8 Å². The first-order valence-corrected chi connectivity index (χ1v) is 13.6. The number of aryl methyl sites for hydroxylation is 1. The van der Waals surface area contributed by atoms with E-state index in [0.29, 0.717) is 10.4 Å². The lowest BCUT2D eigenvalue weighted by Crippen LogP contribution is -2.55. The number of sulfonamides is 1. The Morgan fingerprint density at radius 3 is 2.16 bits per heavy atom. The lowest BCUT2D eigenvalue weighted by molar-refractivity contribution is -0.141. The summed E-state index contributed by atoms with van der Waals surface area (Å²) in [6, 6.07) is 10.1. The number of hydrogen-bond acceptors (Lipinski definition) is 4. The molecule has 2 rings (SSSR count). The maximum atomic E-state index is 13.7. The number of alkyl halides is 3. The summed E-state index contributed by atoms with van der Waals surface area (Å²) in [7, 11) is -4.15. The Bertz CT molecular complexity index is 1220. The number of halogens is 3. The number of hydrogen-bond donors (Lipinski definition) is 1. The molecule has 0 aromatic heterocycles. The van der Waals surface area contributed by atoms with Gasteiger partial charge in [0.1, 0.15) is 12.6 Å². The Morgan fingerprint density at radius 2 is 1.65 bits per heavy atom. The Kier molecular flexibility index (Phi) is 9.40. The Morgan fingerprint density at radius 1 is 1.03 bits per heavy atom. The van der Waals surface area contributed by atoms with E-state index >= 15 is 0 Å². The van der Waals surface area contributed by atoms with Crippen molar-refractivity contribution < 1.29 is 31.2 Å². The second kappa shape index (κ2) is 11.5. The van der Waals surface area contributed by atoms with Crippen molar-refractivity contribution in [1.82, 2.24) is 10.2 Å². The first-order valence-electron chi connectivity index (χ1n) is 11.7. The fraction of sp³-hybridized carbons (Fsp3) is 0.462. The van der Waals surface area contributed by atoms with Gasteiger partial charge >= 0.3 is 6.18 Å². The van der Waals surface area contributed by atoms with E-state index in [1.54, 1.807) is 39.8 Å². The van der Waals surface area contributed by atoms with Gasteiger partial charge in [-0.2, -0.15) is 13.2 Å². The summed E-state index contributed by atoms with van der Waals surface area (Å²) in [5.41, 5.74) is -0.307. The van der Waals surface area contributed by atoms with Gasteiger partial charge in [0.05, 0.1) is 17.5 Å². The normalized spacial score (nSPS) is 13.1. The number of amides is 2. The van der Waals surface area contributed by atoms with Crippen LogP contribution in [-0.2, 0) is 32.3 Å². The number of carbonyl (C=O) groups excluding carboxylic acids is 2. The third-order valence-corrected chi connectivity index (χ3v) is 6.77. The Hall–Kier alpha value is -3.08. The number of rotatable bonds is 9. The summed E-state index contributed by atoms with van der Waals surface area (Å²) in [5, 5.41) is 2.86. The number of carbonyl (C=O) groups is 2. The molecule has 0 heterocycles. The molecule has 0 aliphatic heterocycles. The minimum atomic E-state index is -4.70. The molecule has 0 spiro atoms. The van der Waals surface area contributed by atoms with E-state index in [1.807, 2.05) is 19.1 Å². The fourth-order valence-corrected chi connectivity index (χ4v) is 4.64. The van der Waals surface area contributed by atoms with Gasteiger partial charge in [0.25, 0.3) is 0 Å². The van der Waals surface area contributed by atoms with Crippen LogP contribution in [0.2, 0.25) is 0 Å². The molecule has 0 saturated heterocycles. The number of nitrogens with one attached hydrogen (secondary N) is 1. The van der Waals surface area contributed by atoms with Crippen LogP contribution in [0.1, 0.15) is 50.8 Å². The van der Waals surface area contributed by atoms with Crippen LogP contribution in [0.25, 0.3) is 0 Å². The van der Waals surface area contributed by atoms with Crippen LogP contribution in [-0.4, -0.2) is 49.5 Å². The molecule has 0 saturated carbocycles. The van der Waals surface area contributed by atoms with Crippen LogP contribution in [0, 0.1) is 6.92 Å².